The van der Waals surface area contributed by atoms with Gasteiger partial charge in [0.1, 0.15) is 5.76 Å². The van der Waals surface area contributed by atoms with E-state index in [1.54, 1.807) is 25.1 Å². The minimum absolute atomic E-state index is 0. The van der Waals surface area contributed by atoms with Gasteiger partial charge in [-0.3, -0.25) is 4.99 Å². The fourth-order valence-corrected chi connectivity index (χ4v) is 2.47. The summed E-state index contributed by atoms with van der Waals surface area (Å²) in [5.41, 5.74) is 2.09. The van der Waals surface area contributed by atoms with Gasteiger partial charge < -0.3 is 19.8 Å². The first-order valence-electron chi connectivity index (χ1n) is 7.75. The summed E-state index contributed by atoms with van der Waals surface area (Å²) in [6.45, 7) is 3.44. The molecule has 134 valence electrons. The Hall–Kier alpha value is -1.71. The lowest BCUT2D eigenvalue weighted by atomic mass is 10.2. The highest BCUT2D eigenvalue weighted by atomic mass is 127. The van der Waals surface area contributed by atoms with Crippen molar-refractivity contribution >= 4 is 29.9 Å². The third-order valence-corrected chi connectivity index (χ3v) is 3.60. The van der Waals surface area contributed by atoms with Crippen molar-refractivity contribution < 1.29 is 9.15 Å². The summed E-state index contributed by atoms with van der Waals surface area (Å²) in [6, 6.07) is 3.86. The smallest absolute Gasteiger partial charge is 0.216 e. The molecule has 0 amide bonds. The van der Waals surface area contributed by atoms with Crippen molar-refractivity contribution in [1.29, 1.82) is 0 Å². The molecule has 0 saturated carbocycles. The molecule has 0 unspecified atom stereocenters. The summed E-state index contributed by atoms with van der Waals surface area (Å²) < 4.78 is 12.5. The van der Waals surface area contributed by atoms with Gasteiger partial charge in [0.25, 0.3) is 0 Å². The Bertz CT molecular complexity index is 637. The number of hydrogen-bond acceptors (Lipinski definition) is 4. The van der Waals surface area contributed by atoms with Gasteiger partial charge >= 0.3 is 0 Å². The first-order valence-corrected chi connectivity index (χ1v) is 7.75. The van der Waals surface area contributed by atoms with Crippen LogP contribution < -0.4 is 15.4 Å². The molecule has 0 aromatic carbocycles. The second kappa shape index (κ2) is 10.2. The van der Waals surface area contributed by atoms with Crippen LogP contribution in [-0.4, -0.2) is 36.4 Å². The fourth-order valence-electron chi connectivity index (χ4n) is 2.47. The van der Waals surface area contributed by atoms with Crippen molar-refractivity contribution in [3.8, 4) is 5.88 Å². The van der Waals surface area contributed by atoms with E-state index in [0.29, 0.717) is 6.54 Å². The van der Waals surface area contributed by atoms with Gasteiger partial charge in [0.05, 0.1) is 31.2 Å². The molecule has 0 aliphatic heterocycles. The first kappa shape index (κ1) is 20.3. The van der Waals surface area contributed by atoms with Crippen molar-refractivity contribution in [2.45, 2.75) is 26.3 Å². The zero-order valence-electron chi connectivity index (χ0n) is 14.6. The predicted octanol–water partition coefficient (Wildman–Crippen LogP) is 2.11. The molecule has 2 N–H and O–H groups in total. The van der Waals surface area contributed by atoms with Gasteiger partial charge in [-0.25, -0.2) is 4.68 Å². The number of nitrogens with one attached hydrogen (secondary N) is 2. The van der Waals surface area contributed by atoms with Gasteiger partial charge in [-0.05, 0) is 18.6 Å². The number of aryl methyl sites for hydroxylation is 2. The van der Waals surface area contributed by atoms with Crippen LogP contribution in [0.15, 0.2) is 27.8 Å². The van der Waals surface area contributed by atoms with Crippen molar-refractivity contribution in [3.63, 3.8) is 0 Å². The molecule has 0 fully saturated rings. The molecule has 2 rings (SSSR count). The SMILES string of the molecule is CCc1nn(C)c(OC)c1CNC(=NC)NCCc1ccco1.I. The Labute approximate surface area is 159 Å². The third kappa shape index (κ3) is 5.15. The number of methoxy groups -OCH3 is 1. The average Bonchev–Trinajstić information content (AvgIpc) is 3.17. The van der Waals surface area contributed by atoms with Gasteiger partial charge in [-0.1, -0.05) is 6.92 Å². The molecule has 0 atom stereocenters. The molecule has 2 aromatic rings. The van der Waals surface area contributed by atoms with Crippen LogP contribution in [0.25, 0.3) is 0 Å². The van der Waals surface area contributed by atoms with Crippen molar-refractivity contribution in [1.82, 2.24) is 20.4 Å². The monoisotopic (exact) mass is 447 g/mol. The van der Waals surface area contributed by atoms with Crippen molar-refractivity contribution in [3.05, 3.63) is 35.4 Å². The number of halogens is 1. The number of ether oxygens (including phenoxy) is 1. The summed E-state index contributed by atoms with van der Waals surface area (Å²) in [4.78, 5) is 4.24. The normalized spacial score (nSPS) is 11.1. The Kier molecular flexibility index (Phi) is 8.66. The molecule has 8 heteroatoms. The van der Waals surface area contributed by atoms with E-state index < -0.39 is 0 Å². The van der Waals surface area contributed by atoms with Gasteiger partial charge in [-0.15, -0.1) is 24.0 Å². The van der Waals surface area contributed by atoms with Crippen LogP contribution in [0.1, 0.15) is 23.9 Å². The maximum atomic E-state index is 5.44. The van der Waals surface area contributed by atoms with Crippen LogP contribution >= 0.6 is 24.0 Å². The Morgan fingerprint density at radius 3 is 2.79 bits per heavy atom. The molecular weight excluding hydrogens is 421 g/mol. The number of aliphatic imine (C=N–C) groups is 1. The highest BCUT2D eigenvalue weighted by molar-refractivity contribution is 14.0. The molecule has 0 aliphatic rings. The van der Waals surface area contributed by atoms with E-state index in [1.165, 1.54) is 0 Å². The van der Waals surface area contributed by atoms with E-state index in [4.69, 9.17) is 9.15 Å². The molecule has 7 nitrogen and oxygen atoms in total. The van der Waals surface area contributed by atoms with Crippen LogP contribution in [0.2, 0.25) is 0 Å². The summed E-state index contributed by atoms with van der Waals surface area (Å²) in [5.74, 6) is 2.47. The van der Waals surface area contributed by atoms with Crippen LogP contribution in [0.5, 0.6) is 5.88 Å². The second-order valence-electron chi connectivity index (χ2n) is 5.09. The highest BCUT2D eigenvalue weighted by Gasteiger charge is 2.15. The predicted molar refractivity (Wildman–Crippen MR) is 105 cm³/mol. The number of guanidine groups is 1. The first-order chi connectivity index (χ1) is 11.2. The van der Waals surface area contributed by atoms with Crippen LogP contribution in [0.3, 0.4) is 0 Å². The van der Waals surface area contributed by atoms with Crippen molar-refractivity contribution in [2.75, 3.05) is 20.7 Å². The zero-order chi connectivity index (χ0) is 16.7. The van der Waals surface area contributed by atoms with Gasteiger partial charge in [0.15, 0.2) is 5.96 Å². The molecule has 0 radical (unpaired) electrons. The average molecular weight is 447 g/mol. The van der Waals surface area contributed by atoms with Crippen LogP contribution in [-0.2, 0) is 26.4 Å². The summed E-state index contributed by atoms with van der Waals surface area (Å²) in [5, 5.41) is 11.1. The number of nitrogens with zero attached hydrogens (tertiary/aromatic N) is 3. The Morgan fingerprint density at radius 2 is 2.21 bits per heavy atom. The lowest BCUT2D eigenvalue weighted by Crippen LogP contribution is -2.38. The number of hydrogen-bond donors (Lipinski definition) is 2. The Balaban J connectivity index is 0.00000288. The number of furan rings is 1. The largest absolute Gasteiger partial charge is 0.481 e. The minimum Gasteiger partial charge on any atom is -0.481 e. The van der Waals surface area contributed by atoms with Crippen molar-refractivity contribution in [2.24, 2.45) is 12.0 Å². The second-order valence-corrected chi connectivity index (χ2v) is 5.09. The molecule has 0 spiro atoms. The standard InChI is InChI=1S/C16H25N5O2.HI/c1-5-14-13(15(22-4)21(3)20-14)11-19-16(17-2)18-9-8-12-7-6-10-23-12;/h6-7,10H,5,8-9,11H2,1-4H3,(H2,17,18,19);1H. The zero-order valence-corrected chi connectivity index (χ0v) is 17.0. The number of aromatic nitrogens is 2. The van der Waals surface area contributed by atoms with Crippen LogP contribution in [0, 0.1) is 0 Å². The lowest BCUT2D eigenvalue weighted by molar-refractivity contribution is 0.369. The van der Waals surface area contributed by atoms with E-state index in [9.17, 15) is 0 Å². The topological polar surface area (TPSA) is 76.6 Å². The summed E-state index contributed by atoms with van der Waals surface area (Å²) in [7, 11) is 5.30. The molecular formula is C16H26IN5O2. The van der Waals surface area contributed by atoms with Gasteiger partial charge in [0.2, 0.25) is 5.88 Å². The molecule has 0 saturated heterocycles. The van der Waals surface area contributed by atoms with E-state index in [1.807, 2.05) is 19.2 Å². The molecule has 0 aliphatic carbocycles. The molecule has 0 bridgehead atoms. The summed E-state index contributed by atoms with van der Waals surface area (Å²) in [6.07, 6.45) is 3.35. The van der Waals surface area contributed by atoms with Gasteiger partial charge in [-0.2, -0.15) is 5.10 Å². The molecule has 2 aromatic heterocycles. The highest BCUT2D eigenvalue weighted by Crippen LogP contribution is 2.21. The lowest BCUT2D eigenvalue weighted by Gasteiger charge is -2.12. The molecule has 2 heterocycles. The minimum atomic E-state index is 0. The van der Waals surface area contributed by atoms with E-state index in [2.05, 4.69) is 27.6 Å². The third-order valence-electron chi connectivity index (χ3n) is 3.60. The van der Waals surface area contributed by atoms with E-state index in [-0.39, 0.29) is 24.0 Å². The fraction of sp³-hybridized carbons (Fsp3) is 0.500. The van der Waals surface area contributed by atoms with E-state index >= 15 is 0 Å². The Morgan fingerprint density at radius 1 is 1.42 bits per heavy atom. The van der Waals surface area contributed by atoms with Gasteiger partial charge in [0, 0.05) is 27.1 Å². The molecule has 24 heavy (non-hydrogen) atoms. The maximum absolute atomic E-state index is 5.44. The quantitative estimate of drug-likeness (QED) is 0.387. The number of rotatable bonds is 7. The summed E-state index contributed by atoms with van der Waals surface area (Å²) >= 11 is 0. The van der Waals surface area contributed by atoms with E-state index in [0.717, 1.165) is 48.2 Å². The van der Waals surface area contributed by atoms with Crippen LogP contribution in [0.4, 0.5) is 0 Å². The maximum Gasteiger partial charge on any atom is 0.216 e.